The molecule has 0 radical (unpaired) electrons. The Labute approximate surface area is 122 Å². The van der Waals surface area contributed by atoms with E-state index in [4.69, 9.17) is 4.74 Å². The molecular formula is C12H19N5O4. The number of aromatic nitrogens is 2. The fraction of sp³-hybridized carbons (Fsp3) is 0.667. The molecule has 1 amide bonds. The zero-order chi connectivity index (χ0) is 15.1. The topological polar surface area (TPSA) is 103 Å². The number of morpholine rings is 1. The summed E-state index contributed by atoms with van der Waals surface area (Å²) in [6.45, 7) is 5.01. The highest BCUT2D eigenvalue weighted by atomic mass is 16.6. The average Bonchev–Trinajstić information content (AvgIpc) is 2.95. The number of carbonyl (C=O) groups excluding carboxylic acids is 1. The van der Waals surface area contributed by atoms with E-state index in [9.17, 15) is 14.9 Å². The number of carbonyl (C=O) groups is 1. The molecule has 2 heterocycles. The Morgan fingerprint density at radius 1 is 1.43 bits per heavy atom. The Kier molecular flexibility index (Phi) is 5.64. The second-order valence-corrected chi connectivity index (χ2v) is 4.77. The number of nitrogens with zero attached hydrogens (tertiary/aromatic N) is 4. The van der Waals surface area contributed by atoms with Gasteiger partial charge in [-0.3, -0.25) is 24.5 Å². The van der Waals surface area contributed by atoms with E-state index >= 15 is 0 Å². The van der Waals surface area contributed by atoms with Crippen LogP contribution >= 0.6 is 0 Å². The molecule has 0 saturated carbocycles. The van der Waals surface area contributed by atoms with Gasteiger partial charge in [0.1, 0.15) is 12.4 Å². The summed E-state index contributed by atoms with van der Waals surface area (Å²) in [5.74, 6) is -0.0820. The molecule has 21 heavy (non-hydrogen) atoms. The zero-order valence-corrected chi connectivity index (χ0v) is 11.7. The molecule has 2 rings (SSSR count). The highest BCUT2D eigenvalue weighted by Gasteiger charge is 2.11. The molecule has 1 N–H and O–H groups in total. The van der Waals surface area contributed by atoms with Crippen LogP contribution in [0.3, 0.4) is 0 Å². The summed E-state index contributed by atoms with van der Waals surface area (Å²) in [6.07, 6.45) is 2.75. The van der Waals surface area contributed by atoms with E-state index < -0.39 is 4.92 Å². The minimum absolute atomic E-state index is 0.0669. The molecular weight excluding hydrogens is 278 g/mol. The van der Waals surface area contributed by atoms with Crippen molar-refractivity contribution in [2.45, 2.75) is 13.0 Å². The van der Waals surface area contributed by atoms with Crippen LogP contribution in [-0.2, 0) is 16.1 Å². The maximum absolute atomic E-state index is 11.7. The van der Waals surface area contributed by atoms with Crippen molar-refractivity contribution in [3.8, 4) is 0 Å². The number of nitrogens with one attached hydrogen (secondary N) is 1. The van der Waals surface area contributed by atoms with Gasteiger partial charge in [-0.1, -0.05) is 0 Å². The van der Waals surface area contributed by atoms with Gasteiger partial charge < -0.3 is 10.1 Å². The predicted octanol–water partition coefficient (Wildman–Crippen LogP) is -0.370. The predicted molar refractivity (Wildman–Crippen MR) is 73.8 cm³/mol. The first-order chi connectivity index (χ1) is 10.1. The van der Waals surface area contributed by atoms with Gasteiger partial charge in [0.25, 0.3) is 0 Å². The minimum Gasteiger partial charge on any atom is -0.379 e. The van der Waals surface area contributed by atoms with Crippen molar-refractivity contribution < 1.29 is 14.5 Å². The van der Waals surface area contributed by atoms with Crippen LogP contribution in [0.4, 0.5) is 5.69 Å². The van der Waals surface area contributed by atoms with Crippen LogP contribution < -0.4 is 5.32 Å². The number of hydrogen-bond donors (Lipinski definition) is 1. The Balaban J connectivity index is 1.61. The van der Waals surface area contributed by atoms with Gasteiger partial charge in [-0.15, -0.1) is 0 Å². The van der Waals surface area contributed by atoms with Gasteiger partial charge in [0.05, 0.1) is 18.1 Å². The quantitative estimate of drug-likeness (QED) is 0.544. The Bertz CT molecular complexity index is 484. The molecule has 1 aliphatic rings. The molecule has 116 valence electrons. The molecule has 9 nitrogen and oxygen atoms in total. The van der Waals surface area contributed by atoms with E-state index in [-0.39, 0.29) is 18.0 Å². The van der Waals surface area contributed by atoms with Crippen LogP contribution in [0.2, 0.25) is 0 Å². The molecule has 0 bridgehead atoms. The van der Waals surface area contributed by atoms with Gasteiger partial charge in [0, 0.05) is 39.1 Å². The Morgan fingerprint density at radius 3 is 2.86 bits per heavy atom. The number of ether oxygens (including phenoxy) is 1. The summed E-state index contributed by atoms with van der Waals surface area (Å²) in [4.78, 5) is 23.9. The number of rotatable bonds is 7. The standard InChI is InChI=1S/C12H19N5O4/c18-12(13-2-4-15-5-7-21-8-6-15)1-3-16-10-11(9-14-16)17(19)20/h9-10H,1-8H2,(H,13,18). The molecule has 0 aromatic carbocycles. The molecule has 1 fully saturated rings. The van der Waals surface area contributed by atoms with Crippen molar-refractivity contribution >= 4 is 11.6 Å². The summed E-state index contributed by atoms with van der Waals surface area (Å²) >= 11 is 0. The smallest absolute Gasteiger partial charge is 0.306 e. The summed E-state index contributed by atoms with van der Waals surface area (Å²) in [5.41, 5.74) is -0.0669. The summed E-state index contributed by atoms with van der Waals surface area (Å²) in [5, 5.41) is 17.2. The molecule has 1 aliphatic heterocycles. The number of amides is 1. The minimum atomic E-state index is -0.508. The molecule has 9 heteroatoms. The lowest BCUT2D eigenvalue weighted by Crippen LogP contribution is -2.41. The van der Waals surface area contributed by atoms with Crippen molar-refractivity contribution in [2.24, 2.45) is 0 Å². The van der Waals surface area contributed by atoms with Gasteiger partial charge in [-0.25, -0.2) is 0 Å². The lowest BCUT2D eigenvalue weighted by Gasteiger charge is -2.26. The van der Waals surface area contributed by atoms with E-state index in [0.717, 1.165) is 32.8 Å². The van der Waals surface area contributed by atoms with Crippen LogP contribution in [-0.4, -0.2) is 64.9 Å². The summed E-state index contributed by atoms with van der Waals surface area (Å²) in [7, 11) is 0. The lowest BCUT2D eigenvalue weighted by atomic mass is 10.3. The molecule has 1 saturated heterocycles. The van der Waals surface area contributed by atoms with Crippen LogP contribution in [0.1, 0.15) is 6.42 Å². The van der Waals surface area contributed by atoms with Gasteiger partial charge in [0.15, 0.2) is 0 Å². The van der Waals surface area contributed by atoms with Gasteiger partial charge in [0.2, 0.25) is 5.91 Å². The molecule has 0 unspecified atom stereocenters. The highest BCUT2D eigenvalue weighted by molar-refractivity contribution is 5.75. The lowest BCUT2D eigenvalue weighted by molar-refractivity contribution is -0.385. The van der Waals surface area contributed by atoms with Gasteiger partial charge >= 0.3 is 5.69 Å². The fourth-order valence-electron chi connectivity index (χ4n) is 2.05. The molecule has 0 spiro atoms. The van der Waals surface area contributed by atoms with Gasteiger partial charge in [-0.2, -0.15) is 5.10 Å². The van der Waals surface area contributed by atoms with Crippen LogP contribution in [0.15, 0.2) is 12.4 Å². The van der Waals surface area contributed by atoms with Crippen LogP contribution in [0.25, 0.3) is 0 Å². The monoisotopic (exact) mass is 297 g/mol. The SMILES string of the molecule is O=C(CCn1cc([N+](=O)[O-])cn1)NCCN1CCOCC1. The summed E-state index contributed by atoms with van der Waals surface area (Å²) in [6, 6.07) is 0. The maximum atomic E-state index is 11.7. The van der Waals surface area contributed by atoms with Crippen molar-refractivity contribution in [3.63, 3.8) is 0 Å². The highest BCUT2D eigenvalue weighted by Crippen LogP contribution is 2.07. The van der Waals surface area contributed by atoms with Crippen molar-refractivity contribution in [3.05, 3.63) is 22.5 Å². The van der Waals surface area contributed by atoms with E-state index in [2.05, 4.69) is 15.3 Å². The second-order valence-electron chi connectivity index (χ2n) is 4.77. The first-order valence-corrected chi connectivity index (χ1v) is 6.89. The Morgan fingerprint density at radius 2 is 2.19 bits per heavy atom. The number of nitro groups is 1. The van der Waals surface area contributed by atoms with E-state index in [1.807, 2.05) is 0 Å². The molecule has 1 aromatic rings. The third-order valence-corrected chi connectivity index (χ3v) is 3.25. The van der Waals surface area contributed by atoms with Gasteiger partial charge in [-0.05, 0) is 0 Å². The van der Waals surface area contributed by atoms with Crippen molar-refractivity contribution in [2.75, 3.05) is 39.4 Å². The normalized spacial score (nSPS) is 15.8. The molecule has 1 aromatic heterocycles. The third kappa shape index (κ3) is 5.12. The number of hydrogen-bond acceptors (Lipinski definition) is 6. The van der Waals surface area contributed by atoms with E-state index in [0.29, 0.717) is 13.1 Å². The van der Waals surface area contributed by atoms with Crippen LogP contribution in [0.5, 0.6) is 0 Å². The van der Waals surface area contributed by atoms with E-state index in [1.54, 1.807) is 0 Å². The molecule has 0 aliphatic carbocycles. The first-order valence-electron chi connectivity index (χ1n) is 6.89. The summed E-state index contributed by atoms with van der Waals surface area (Å²) < 4.78 is 6.65. The zero-order valence-electron chi connectivity index (χ0n) is 11.7. The number of aryl methyl sites for hydroxylation is 1. The first kappa shape index (κ1) is 15.4. The molecule has 0 atom stereocenters. The fourth-order valence-corrected chi connectivity index (χ4v) is 2.05. The van der Waals surface area contributed by atoms with Crippen molar-refractivity contribution in [1.82, 2.24) is 20.0 Å². The maximum Gasteiger partial charge on any atom is 0.306 e. The van der Waals surface area contributed by atoms with Crippen LogP contribution in [0, 0.1) is 10.1 Å². The van der Waals surface area contributed by atoms with Crippen molar-refractivity contribution in [1.29, 1.82) is 0 Å². The van der Waals surface area contributed by atoms with E-state index in [1.165, 1.54) is 17.1 Å². The third-order valence-electron chi connectivity index (χ3n) is 3.25. The largest absolute Gasteiger partial charge is 0.379 e. The average molecular weight is 297 g/mol. The second kappa shape index (κ2) is 7.70. The Hall–Kier alpha value is -2.00.